The zero-order chi connectivity index (χ0) is 36.2. The summed E-state index contributed by atoms with van der Waals surface area (Å²) in [4.78, 5) is 31.3. The van der Waals surface area contributed by atoms with Crippen molar-refractivity contribution < 1.29 is 18.5 Å². The van der Waals surface area contributed by atoms with Gasteiger partial charge in [-0.3, -0.25) is 10.00 Å². The lowest BCUT2D eigenvalue weighted by molar-refractivity contribution is -0.334. The van der Waals surface area contributed by atoms with E-state index in [1.54, 1.807) is 27.8 Å². The minimum absolute atomic E-state index is 0.0336. The van der Waals surface area contributed by atoms with Gasteiger partial charge in [-0.1, -0.05) is 64.4 Å². The zero-order valence-electron chi connectivity index (χ0n) is 29.8. The monoisotopic (exact) mass is 689 g/mol. The Bertz CT molecular complexity index is 1950. The third kappa shape index (κ3) is 10.3. The second-order valence-electron chi connectivity index (χ2n) is 13.2. The Morgan fingerprint density at radius 1 is 1.06 bits per heavy atom. The fraction of sp³-hybridized carbons (Fsp3) is 0.368. The average Bonchev–Trinajstić information content (AvgIpc) is 3.80. The van der Waals surface area contributed by atoms with Gasteiger partial charge >= 0.3 is 6.03 Å². The summed E-state index contributed by atoms with van der Waals surface area (Å²) in [5.74, 6) is 2.20. The molecule has 0 radical (unpaired) electrons. The molecular weight excluding hydrogens is 644 g/mol. The fourth-order valence-corrected chi connectivity index (χ4v) is 5.29. The summed E-state index contributed by atoms with van der Waals surface area (Å²) < 4.78 is 15.0. The smallest absolute Gasteiger partial charge is 0.441 e. The van der Waals surface area contributed by atoms with Crippen LogP contribution in [0.15, 0.2) is 77.9 Å². The van der Waals surface area contributed by atoms with Gasteiger partial charge in [0.05, 0.1) is 31.3 Å². The highest BCUT2D eigenvalue weighted by atomic mass is 16.5. The van der Waals surface area contributed by atoms with Gasteiger partial charge in [0.25, 0.3) is 5.82 Å². The van der Waals surface area contributed by atoms with Crippen LogP contribution in [0.2, 0.25) is 0 Å². The summed E-state index contributed by atoms with van der Waals surface area (Å²) in [5, 5.41) is 20.3. The summed E-state index contributed by atoms with van der Waals surface area (Å²) in [5.41, 5.74) is 2.90. The van der Waals surface area contributed by atoms with Crippen molar-refractivity contribution >= 4 is 24.0 Å². The number of amides is 2. The molecule has 5 rings (SSSR count). The summed E-state index contributed by atoms with van der Waals surface area (Å²) >= 11 is 0. The van der Waals surface area contributed by atoms with Crippen LogP contribution in [0.5, 0.6) is 5.88 Å². The van der Waals surface area contributed by atoms with Gasteiger partial charge in [0, 0.05) is 41.9 Å². The van der Waals surface area contributed by atoms with Crippen LogP contribution in [0.1, 0.15) is 82.6 Å². The van der Waals surface area contributed by atoms with Gasteiger partial charge in [-0.25, -0.2) is 14.8 Å². The molecular formula is C38H45N10O3+. The Hall–Kier alpha value is -5.90. The number of pyridine rings is 1. The highest BCUT2D eigenvalue weighted by Gasteiger charge is 2.21. The summed E-state index contributed by atoms with van der Waals surface area (Å²) in [6.45, 7) is 8.67. The molecule has 0 spiro atoms. The molecule has 13 heteroatoms. The maximum Gasteiger partial charge on any atom is 0.441 e. The van der Waals surface area contributed by atoms with Crippen molar-refractivity contribution in [3.8, 4) is 23.1 Å². The van der Waals surface area contributed by atoms with Crippen molar-refractivity contribution in [3.63, 3.8) is 0 Å². The number of hydrogen-bond acceptors (Lipinski definition) is 10. The SMILES string of the molecule is CCC[C@H](CCC/C=[N+](\C(=O)NCc1ccccc1)c1ccc(-c2cnn(C)c2)cn1)Nc1ncc(C#N)c(OCc2ncc(C(C)(C)C)o2)n1. The van der Waals surface area contributed by atoms with E-state index in [1.807, 2.05) is 82.7 Å². The van der Waals surface area contributed by atoms with Gasteiger partial charge in [0.15, 0.2) is 6.61 Å². The number of urea groups is 1. The molecule has 0 unspecified atom stereocenters. The molecule has 51 heavy (non-hydrogen) atoms. The van der Waals surface area contributed by atoms with Crippen LogP contribution in [0.3, 0.4) is 0 Å². The van der Waals surface area contributed by atoms with Crippen LogP contribution in [0.25, 0.3) is 11.1 Å². The van der Waals surface area contributed by atoms with Crippen molar-refractivity contribution in [1.29, 1.82) is 5.26 Å². The predicted octanol–water partition coefficient (Wildman–Crippen LogP) is 7.08. The lowest BCUT2D eigenvalue weighted by Gasteiger charge is -2.18. The molecule has 13 nitrogen and oxygen atoms in total. The van der Waals surface area contributed by atoms with Crippen molar-refractivity contribution in [3.05, 3.63) is 96.2 Å². The third-order valence-electron chi connectivity index (χ3n) is 8.08. The topological polar surface area (TPSA) is 160 Å². The maximum atomic E-state index is 13.5. The number of nitrogens with zero attached hydrogens (tertiary/aromatic N) is 8. The van der Waals surface area contributed by atoms with E-state index in [-0.39, 0.29) is 35.5 Å². The highest BCUT2D eigenvalue weighted by molar-refractivity contribution is 5.74. The number of ether oxygens (including phenoxy) is 1. The highest BCUT2D eigenvalue weighted by Crippen LogP contribution is 2.24. The van der Waals surface area contributed by atoms with E-state index in [0.29, 0.717) is 30.6 Å². The summed E-state index contributed by atoms with van der Waals surface area (Å²) in [7, 11) is 1.87. The molecule has 1 atom stereocenters. The minimum atomic E-state index is -0.262. The molecule has 1 aromatic carbocycles. The van der Waals surface area contributed by atoms with Gasteiger partial charge in [-0.05, 0) is 37.3 Å². The predicted molar refractivity (Wildman–Crippen MR) is 194 cm³/mol. The molecule has 0 fully saturated rings. The summed E-state index contributed by atoms with van der Waals surface area (Å²) in [6, 6.07) is 15.5. The number of aryl methyl sites for hydroxylation is 1. The van der Waals surface area contributed by atoms with Crippen LogP contribution < -0.4 is 15.4 Å². The van der Waals surface area contributed by atoms with E-state index >= 15 is 0 Å². The summed E-state index contributed by atoms with van der Waals surface area (Å²) in [6.07, 6.45) is 14.5. The molecule has 2 N–H and O–H groups in total. The first-order chi connectivity index (χ1) is 24.6. The number of carbonyl (C=O) groups is 1. The third-order valence-corrected chi connectivity index (χ3v) is 8.08. The largest absolute Gasteiger partial charge is 0.467 e. The standard InChI is InChI=1S/C38H44N10O3/c1-6-12-31(45-36-42-22-29(19-39)35(46-36)50-26-34-41-24-32(51-34)38(2,3)4)15-10-11-18-48(37(49)43-20-27-13-8-7-9-14-27)33-17-16-28(21-40-33)30-23-44-47(5)25-30/h7-9,13-14,16-18,21-25,31H,6,10-12,15,20,26H2,1-5H3,(H-,42,43,45,46,49)/p+1/b48-18-/t31-/m1/s1. The minimum Gasteiger partial charge on any atom is -0.467 e. The molecule has 0 bridgehead atoms. The Morgan fingerprint density at radius 2 is 1.88 bits per heavy atom. The Labute approximate surface area is 298 Å². The normalized spacial score (nSPS) is 12.3. The van der Waals surface area contributed by atoms with Crippen LogP contribution in [-0.2, 0) is 25.6 Å². The van der Waals surface area contributed by atoms with Crippen molar-refractivity contribution in [2.75, 3.05) is 5.32 Å². The van der Waals surface area contributed by atoms with Crippen LogP contribution in [0, 0.1) is 11.3 Å². The van der Waals surface area contributed by atoms with Gasteiger partial charge in [-0.15, -0.1) is 4.98 Å². The van der Waals surface area contributed by atoms with Crippen LogP contribution in [-0.4, -0.2) is 52.6 Å². The number of benzene rings is 1. The number of rotatable bonds is 15. The number of nitrogens with one attached hydrogen (secondary N) is 2. The van der Waals surface area contributed by atoms with E-state index in [9.17, 15) is 10.1 Å². The van der Waals surface area contributed by atoms with Crippen LogP contribution >= 0.6 is 0 Å². The first-order valence-electron chi connectivity index (χ1n) is 17.1. The molecule has 0 saturated heterocycles. The second-order valence-corrected chi connectivity index (χ2v) is 13.2. The Morgan fingerprint density at radius 3 is 2.55 bits per heavy atom. The van der Waals surface area contributed by atoms with Crippen LogP contribution in [0.4, 0.5) is 16.6 Å². The van der Waals surface area contributed by atoms with E-state index < -0.39 is 0 Å². The number of aromatic nitrogens is 6. The maximum absolute atomic E-state index is 13.5. The first kappa shape index (κ1) is 36.4. The lowest BCUT2D eigenvalue weighted by atomic mass is 9.94. The van der Waals surface area contributed by atoms with Crippen molar-refractivity contribution in [1.82, 2.24) is 35.0 Å². The first-order valence-corrected chi connectivity index (χ1v) is 17.1. The van der Waals surface area contributed by atoms with Crippen molar-refractivity contribution in [2.45, 2.75) is 84.4 Å². The number of unbranched alkanes of at least 4 members (excludes halogenated alkanes) is 1. The molecule has 0 aliphatic rings. The number of anilines is 1. The molecule has 0 aliphatic heterocycles. The Kier molecular flexibility index (Phi) is 12.2. The number of carbonyl (C=O) groups excluding carboxylic acids is 1. The zero-order valence-corrected chi connectivity index (χ0v) is 29.8. The van der Waals surface area contributed by atoms with Gasteiger partial charge in [-0.2, -0.15) is 19.9 Å². The number of hydrogen-bond donors (Lipinski definition) is 2. The van der Waals surface area contributed by atoms with E-state index in [4.69, 9.17) is 9.15 Å². The van der Waals surface area contributed by atoms with Gasteiger partial charge < -0.3 is 14.5 Å². The lowest BCUT2D eigenvalue weighted by Crippen LogP contribution is -2.31. The van der Waals surface area contributed by atoms with Gasteiger partial charge in [0.1, 0.15) is 23.6 Å². The molecule has 264 valence electrons. The van der Waals surface area contributed by atoms with Gasteiger partial charge in [0.2, 0.25) is 17.7 Å². The number of oxazole rings is 1. The molecule has 4 heterocycles. The number of nitriles is 1. The Balaban J connectivity index is 1.24. The molecule has 5 aromatic rings. The van der Waals surface area contributed by atoms with Crippen molar-refractivity contribution in [2.24, 2.45) is 7.05 Å². The molecule has 0 saturated carbocycles. The molecule has 2 amide bonds. The average molecular weight is 690 g/mol. The second kappa shape index (κ2) is 17.2. The fourth-order valence-electron chi connectivity index (χ4n) is 5.29. The molecule has 4 aromatic heterocycles. The quantitative estimate of drug-likeness (QED) is 0.0660. The van der Waals surface area contributed by atoms with E-state index in [1.165, 1.54) is 6.20 Å². The van der Waals surface area contributed by atoms with E-state index in [2.05, 4.69) is 48.7 Å². The van der Waals surface area contributed by atoms with E-state index in [0.717, 1.165) is 48.1 Å². The molecule has 0 aliphatic carbocycles.